The van der Waals surface area contributed by atoms with Gasteiger partial charge in [-0.05, 0) is 50.2 Å². The first-order valence-corrected chi connectivity index (χ1v) is 9.12. The summed E-state index contributed by atoms with van der Waals surface area (Å²) in [5.41, 5.74) is 1.90. The number of amides is 1. The summed E-state index contributed by atoms with van der Waals surface area (Å²) < 4.78 is 14.0. The van der Waals surface area contributed by atoms with E-state index in [9.17, 15) is 4.79 Å². The highest BCUT2D eigenvalue weighted by molar-refractivity contribution is 9.10. The van der Waals surface area contributed by atoms with Crippen molar-refractivity contribution in [2.24, 2.45) is 0 Å². The fourth-order valence-electron chi connectivity index (χ4n) is 2.42. The summed E-state index contributed by atoms with van der Waals surface area (Å²) in [7, 11) is 0. The Morgan fingerprint density at radius 3 is 2.73 bits per heavy atom. The maximum atomic E-state index is 12.3. The number of halogens is 1. The summed E-state index contributed by atoms with van der Waals surface area (Å²) in [5.74, 6) is 1.33. The minimum absolute atomic E-state index is 0.261. The number of benzene rings is 1. The van der Waals surface area contributed by atoms with Crippen molar-refractivity contribution in [1.82, 2.24) is 15.1 Å². The predicted octanol–water partition coefficient (Wildman–Crippen LogP) is 4.08. The van der Waals surface area contributed by atoms with Crippen LogP contribution in [0.3, 0.4) is 0 Å². The van der Waals surface area contributed by atoms with Crippen LogP contribution in [0.4, 0.5) is 0 Å². The molecule has 0 spiro atoms. The van der Waals surface area contributed by atoms with E-state index in [0.717, 1.165) is 28.0 Å². The molecule has 1 N–H and O–H groups in total. The molecule has 0 fully saturated rings. The van der Waals surface area contributed by atoms with Crippen LogP contribution in [-0.4, -0.2) is 15.7 Å². The van der Waals surface area contributed by atoms with Crippen LogP contribution in [0.25, 0.3) is 0 Å². The van der Waals surface area contributed by atoms with Crippen LogP contribution in [0.2, 0.25) is 0 Å². The Balaban J connectivity index is 1.53. The number of ether oxygens (including phenoxy) is 1. The van der Waals surface area contributed by atoms with Gasteiger partial charge in [-0.2, -0.15) is 5.10 Å². The van der Waals surface area contributed by atoms with E-state index in [1.54, 1.807) is 12.1 Å². The Hall–Kier alpha value is -2.54. The highest BCUT2D eigenvalue weighted by atomic mass is 79.9. The average molecular weight is 418 g/mol. The number of hydrogen-bond acceptors (Lipinski definition) is 4. The Bertz CT molecular complexity index is 884. The summed E-state index contributed by atoms with van der Waals surface area (Å²) in [6.45, 7) is 5.43. The third-order valence-electron chi connectivity index (χ3n) is 3.89. The van der Waals surface area contributed by atoms with Crippen molar-refractivity contribution in [3.8, 4) is 5.75 Å². The lowest BCUT2D eigenvalue weighted by Crippen LogP contribution is -2.22. The second-order valence-electron chi connectivity index (χ2n) is 5.79. The third-order valence-corrected chi connectivity index (χ3v) is 4.42. The number of furan rings is 1. The van der Waals surface area contributed by atoms with Crippen molar-refractivity contribution < 1.29 is 13.9 Å². The van der Waals surface area contributed by atoms with E-state index in [2.05, 4.69) is 26.3 Å². The van der Waals surface area contributed by atoms with Gasteiger partial charge >= 0.3 is 0 Å². The van der Waals surface area contributed by atoms with Crippen molar-refractivity contribution in [3.05, 3.63) is 69.8 Å². The Morgan fingerprint density at radius 2 is 2.04 bits per heavy atom. The molecule has 0 aliphatic carbocycles. The molecule has 6 nitrogen and oxygen atoms in total. The summed E-state index contributed by atoms with van der Waals surface area (Å²) in [4.78, 5) is 12.3. The van der Waals surface area contributed by atoms with Crippen molar-refractivity contribution >= 4 is 21.8 Å². The first kappa shape index (κ1) is 18.3. The minimum atomic E-state index is -0.261. The highest BCUT2D eigenvalue weighted by Gasteiger charge is 2.13. The molecular weight excluding hydrogens is 398 g/mol. The van der Waals surface area contributed by atoms with Gasteiger partial charge < -0.3 is 14.5 Å². The molecule has 136 valence electrons. The van der Waals surface area contributed by atoms with E-state index in [0.29, 0.717) is 12.3 Å². The molecule has 0 aliphatic heterocycles. The lowest BCUT2D eigenvalue weighted by atomic mass is 10.2. The Labute approximate surface area is 160 Å². The number of nitrogens with zero attached hydrogens (tertiary/aromatic N) is 2. The first-order chi connectivity index (χ1) is 12.5. The molecule has 2 aromatic heterocycles. The molecule has 0 unspecified atom stereocenters. The van der Waals surface area contributed by atoms with Crippen LogP contribution in [0, 0.1) is 6.92 Å². The van der Waals surface area contributed by atoms with Crippen LogP contribution in [0.1, 0.15) is 34.5 Å². The van der Waals surface area contributed by atoms with E-state index in [-0.39, 0.29) is 18.3 Å². The maximum Gasteiger partial charge on any atom is 0.287 e. The van der Waals surface area contributed by atoms with Crippen LogP contribution in [-0.2, 0) is 19.7 Å². The molecule has 7 heteroatoms. The fraction of sp³-hybridized carbons (Fsp3) is 0.263. The quantitative estimate of drug-likeness (QED) is 0.628. The van der Waals surface area contributed by atoms with Crippen LogP contribution in [0.5, 0.6) is 5.75 Å². The van der Waals surface area contributed by atoms with E-state index in [4.69, 9.17) is 9.15 Å². The first-order valence-electron chi connectivity index (χ1n) is 8.33. The summed E-state index contributed by atoms with van der Waals surface area (Å²) in [6.07, 6.45) is 1.94. The van der Waals surface area contributed by atoms with Gasteiger partial charge in [0.25, 0.3) is 5.91 Å². The zero-order chi connectivity index (χ0) is 18.5. The number of carbonyl (C=O) groups excluding carboxylic acids is 1. The number of hydrogen-bond donors (Lipinski definition) is 1. The van der Waals surface area contributed by atoms with E-state index in [1.165, 1.54) is 0 Å². The summed E-state index contributed by atoms with van der Waals surface area (Å²) >= 11 is 3.38. The molecule has 0 radical (unpaired) electrons. The van der Waals surface area contributed by atoms with Gasteiger partial charge in [0.1, 0.15) is 18.1 Å². The molecule has 0 atom stereocenters. The molecule has 3 rings (SSSR count). The normalized spacial score (nSPS) is 10.7. The van der Waals surface area contributed by atoms with E-state index in [1.807, 2.05) is 49.0 Å². The molecule has 1 amide bonds. The largest absolute Gasteiger partial charge is 0.486 e. The fourth-order valence-corrected chi connectivity index (χ4v) is 2.68. The SMILES string of the molecule is CCn1cc(CNC(=O)c2ccc(COc3ccc(Br)cc3)o2)c(C)n1. The molecule has 2 heterocycles. The van der Waals surface area contributed by atoms with Crippen LogP contribution in [0.15, 0.2) is 51.5 Å². The third kappa shape index (κ3) is 4.54. The van der Waals surface area contributed by atoms with Crippen molar-refractivity contribution in [1.29, 1.82) is 0 Å². The number of aromatic nitrogens is 2. The molecule has 3 aromatic rings. The topological polar surface area (TPSA) is 69.3 Å². The molecule has 1 aromatic carbocycles. The summed E-state index contributed by atoms with van der Waals surface area (Å²) in [6, 6.07) is 10.9. The standard InChI is InChI=1S/C19H20BrN3O3/c1-3-23-11-14(13(2)22-23)10-21-19(24)18-9-8-17(26-18)12-25-16-6-4-15(20)5-7-16/h4-9,11H,3,10,12H2,1-2H3,(H,21,24). The highest BCUT2D eigenvalue weighted by Crippen LogP contribution is 2.18. The Morgan fingerprint density at radius 1 is 1.27 bits per heavy atom. The molecule has 0 aliphatic rings. The zero-order valence-electron chi connectivity index (χ0n) is 14.7. The van der Waals surface area contributed by atoms with Gasteiger partial charge in [0, 0.05) is 29.3 Å². The van der Waals surface area contributed by atoms with Crippen molar-refractivity contribution in [3.63, 3.8) is 0 Å². The number of rotatable bonds is 7. The van der Waals surface area contributed by atoms with Gasteiger partial charge in [0.15, 0.2) is 5.76 Å². The molecule has 0 saturated carbocycles. The number of aryl methyl sites for hydroxylation is 2. The minimum Gasteiger partial charge on any atom is -0.486 e. The number of carbonyl (C=O) groups is 1. The smallest absolute Gasteiger partial charge is 0.287 e. The molecule has 26 heavy (non-hydrogen) atoms. The molecule has 0 saturated heterocycles. The lowest BCUT2D eigenvalue weighted by molar-refractivity contribution is 0.0919. The van der Waals surface area contributed by atoms with Crippen LogP contribution < -0.4 is 10.1 Å². The van der Waals surface area contributed by atoms with Gasteiger partial charge in [-0.25, -0.2) is 0 Å². The molecular formula is C19H20BrN3O3. The predicted molar refractivity (Wildman–Crippen MR) is 101 cm³/mol. The Kier molecular flexibility index (Phi) is 5.78. The summed E-state index contributed by atoms with van der Waals surface area (Å²) in [5, 5.41) is 7.22. The monoisotopic (exact) mass is 417 g/mol. The van der Waals surface area contributed by atoms with Crippen LogP contribution >= 0.6 is 15.9 Å². The van der Waals surface area contributed by atoms with Gasteiger partial charge in [-0.3, -0.25) is 9.48 Å². The molecule has 0 bridgehead atoms. The zero-order valence-corrected chi connectivity index (χ0v) is 16.2. The van der Waals surface area contributed by atoms with Gasteiger partial charge in [-0.15, -0.1) is 0 Å². The second kappa shape index (κ2) is 8.23. The van der Waals surface area contributed by atoms with Crippen molar-refractivity contribution in [2.75, 3.05) is 0 Å². The van der Waals surface area contributed by atoms with E-state index < -0.39 is 0 Å². The van der Waals surface area contributed by atoms with Gasteiger partial charge in [0.05, 0.1) is 5.69 Å². The van der Waals surface area contributed by atoms with E-state index >= 15 is 0 Å². The second-order valence-corrected chi connectivity index (χ2v) is 6.70. The number of nitrogens with one attached hydrogen (secondary N) is 1. The average Bonchev–Trinajstić information content (AvgIpc) is 3.26. The lowest BCUT2D eigenvalue weighted by Gasteiger charge is -2.04. The maximum absolute atomic E-state index is 12.3. The van der Waals surface area contributed by atoms with Gasteiger partial charge in [-0.1, -0.05) is 15.9 Å². The van der Waals surface area contributed by atoms with Gasteiger partial charge in [0.2, 0.25) is 0 Å². The van der Waals surface area contributed by atoms with Crippen molar-refractivity contribution in [2.45, 2.75) is 33.5 Å².